The van der Waals surface area contributed by atoms with E-state index in [2.05, 4.69) is 37.5 Å². The molecule has 0 bridgehead atoms. The largest absolute Gasteiger partial charge is 0.352 e. The predicted octanol–water partition coefficient (Wildman–Crippen LogP) is -1.05. The molecule has 1 aliphatic rings. The third kappa shape index (κ3) is 2.42. The van der Waals surface area contributed by atoms with Gasteiger partial charge in [-0.15, -0.1) is 10.2 Å². The van der Waals surface area contributed by atoms with Gasteiger partial charge in [0.1, 0.15) is 0 Å². The van der Waals surface area contributed by atoms with Crippen LogP contribution in [0.2, 0.25) is 0 Å². The molecule has 1 aromatic rings. The topological polar surface area (TPSA) is 71.2 Å². The van der Waals surface area contributed by atoms with Gasteiger partial charge in [0.2, 0.25) is 0 Å². The molecule has 1 unspecified atom stereocenters. The van der Waals surface area contributed by atoms with Crippen LogP contribution < -0.4 is 5.32 Å². The summed E-state index contributed by atoms with van der Waals surface area (Å²) in [5, 5.41) is 14.6. The van der Waals surface area contributed by atoms with Crippen LogP contribution in [-0.4, -0.2) is 57.2 Å². The first kappa shape index (κ1) is 9.88. The zero-order chi connectivity index (χ0) is 10.7. The van der Waals surface area contributed by atoms with E-state index >= 15 is 0 Å². The number of nitrogens with one attached hydrogen (secondary N) is 1. The molecule has 0 radical (unpaired) electrons. The standard InChI is InChI=1S/C8H15N7/c1-7-5-14(2)8(12-7)9-3-4-15-11-6-10-13-15/h6-7H,3-5H2,1-2H3,(H,9,12). The molecule has 1 aliphatic heterocycles. The fraction of sp³-hybridized carbons (Fsp3) is 0.750. The highest BCUT2D eigenvalue weighted by Crippen LogP contribution is 1.99. The Bertz CT molecular complexity index is 331. The van der Waals surface area contributed by atoms with E-state index in [4.69, 9.17) is 0 Å². The molecule has 15 heavy (non-hydrogen) atoms. The van der Waals surface area contributed by atoms with E-state index in [1.54, 1.807) is 0 Å². The van der Waals surface area contributed by atoms with E-state index in [9.17, 15) is 0 Å². The van der Waals surface area contributed by atoms with Crippen LogP contribution in [0.3, 0.4) is 0 Å². The van der Waals surface area contributed by atoms with Gasteiger partial charge in [0, 0.05) is 19.6 Å². The van der Waals surface area contributed by atoms with Gasteiger partial charge in [-0.1, -0.05) is 0 Å². The molecule has 82 valence electrons. The highest BCUT2D eigenvalue weighted by Gasteiger charge is 2.19. The first-order chi connectivity index (χ1) is 7.25. The highest BCUT2D eigenvalue weighted by molar-refractivity contribution is 5.82. The molecule has 1 fully saturated rings. The maximum atomic E-state index is 4.43. The molecule has 0 aromatic carbocycles. The molecule has 1 atom stereocenters. The lowest BCUT2D eigenvalue weighted by atomic mass is 10.4. The SMILES string of the molecule is CC1CN(C)C(=NCCn2ncnn2)N1. The Balaban J connectivity index is 1.84. The number of rotatable bonds is 3. The summed E-state index contributed by atoms with van der Waals surface area (Å²) in [4.78, 5) is 8.07. The molecular formula is C8H15N7. The van der Waals surface area contributed by atoms with E-state index in [0.717, 1.165) is 12.5 Å². The number of hydrogen-bond donors (Lipinski definition) is 1. The Labute approximate surface area is 88.2 Å². The number of hydrogen-bond acceptors (Lipinski definition) is 4. The van der Waals surface area contributed by atoms with Crippen molar-refractivity contribution in [1.29, 1.82) is 0 Å². The highest BCUT2D eigenvalue weighted by atomic mass is 15.6. The van der Waals surface area contributed by atoms with Gasteiger partial charge in [0.05, 0.1) is 13.1 Å². The minimum absolute atomic E-state index is 0.471. The van der Waals surface area contributed by atoms with E-state index in [-0.39, 0.29) is 0 Å². The average molecular weight is 209 g/mol. The van der Waals surface area contributed by atoms with Gasteiger partial charge >= 0.3 is 0 Å². The smallest absolute Gasteiger partial charge is 0.194 e. The second kappa shape index (κ2) is 4.24. The van der Waals surface area contributed by atoms with Crippen LogP contribution in [0.4, 0.5) is 0 Å². The molecule has 0 spiro atoms. The lowest BCUT2D eigenvalue weighted by molar-refractivity contribution is 0.511. The number of aliphatic imine (C=N–C) groups is 1. The number of nitrogens with zero attached hydrogens (tertiary/aromatic N) is 6. The molecule has 0 amide bonds. The van der Waals surface area contributed by atoms with Crippen molar-refractivity contribution >= 4 is 5.96 Å². The monoisotopic (exact) mass is 209 g/mol. The van der Waals surface area contributed by atoms with Gasteiger partial charge in [-0.3, -0.25) is 4.99 Å². The van der Waals surface area contributed by atoms with E-state index < -0.39 is 0 Å². The molecule has 1 aromatic heterocycles. The summed E-state index contributed by atoms with van der Waals surface area (Å²) >= 11 is 0. The first-order valence-electron chi connectivity index (χ1n) is 4.98. The molecule has 2 rings (SSSR count). The van der Waals surface area contributed by atoms with Crippen LogP contribution in [-0.2, 0) is 6.54 Å². The summed E-state index contributed by atoms with van der Waals surface area (Å²) in [6.07, 6.45) is 1.43. The van der Waals surface area contributed by atoms with Gasteiger partial charge in [0.15, 0.2) is 12.3 Å². The normalized spacial score (nSPS) is 23.5. The van der Waals surface area contributed by atoms with Crippen molar-refractivity contribution in [2.75, 3.05) is 20.1 Å². The Morgan fingerprint density at radius 2 is 2.53 bits per heavy atom. The van der Waals surface area contributed by atoms with Gasteiger partial charge in [-0.2, -0.15) is 4.80 Å². The van der Waals surface area contributed by atoms with Crippen LogP contribution in [0.25, 0.3) is 0 Å². The van der Waals surface area contributed by atoms with E-state index in [0.29, 0.717) is 19.1 Å². The van der Waals surface area contributed by atoms with Crippen molar-refractivity contribution in [3.63, 3.8) is 0 Å². The summed E-state index contributed by atoms with van der Waals surface area (Å²) in [7, 11) is 2.03. The molecular weight excluding hydrogens is 194 g/mol. The minimum Gasteiger partial charge on any atom is -0.352 e. The zero-order valence-corrected chi connectivity index (χ0v) is 8.96. The molecule has 2 heterocycles. The van der Waals surface area contributed by atoms with E-state index in [1.807, 2.05) is 7.05 Å². The Morgan fingerprint density at radius 1 is 1.67 bits per heavy atom. The number of aromatic nitrogens is 4. The maximum Gasteiger partial charge on any atom is 0.194 e. The fourth-order valence-corrected chi connectivity index (χ4v) is 1.58. The van der Waals surface area contributed by atoms with Crippen molar-refractivity contribution in [3.8, 4) is 0 Å². The molecule has 7 nitrogen and oxygen atoms in total. The van der Waals surface area contributed by atoms with Gasteiger partial charge in [-0.05, 0) is 12.1 Å². The third-order valence-electron chi connectivity index (χ3n) is 2.24. The number of guanidine groups is 1. The number of tetrazole rings is 1. The zero-order valence-electron chi connectivity index (χ0n) is 8.96. The summed E-state index contributed by atoms with van der Waals surface area (Å²) < 4.78 is 0. The molecule has 0 saturated carbocycles. The Morgan fingerprint density at radius 3 is 3.13 bits per heavy atom. The molecule has 7 heteroatoms. The second-order valence-electron chi connectivity index (χ2n) is 3.66. The maximum absolute atomic E-state index is 4.43. The van der Waals surface area contributed by atoms with Gasteiger partial charge in [0.25, 0.3) is 0 Å². The molecule has 1 N–H and O–H groups in total. The lowest BCUT2D eigenvalue weighted by Gasteiger charge is -2.09. The first-order valence-corrected chi connectivity index (χ1v) is 4.98. The third-order valence-corrected chi connectivity index (χ3v) is 2.24. The summed E-state index contributed by atoms with van der Waals surface area (Å²) in [5.74, 6) is 0.947. The predicted molar refractivity (Wildman–Crippen MR) is 55.3 cm³/mol. The van der Waals surface area contributed by atoms with Crippen LogP contribution in [0.1, 0.15) is 6.92 Å². The van der Waals surface area contributed by atoms with E-state index in [1.165, 1.54) is 11.1 Å². The van der Waals surface area contributed by atoms with Crippen molar-refractivity contribution in [3.05, 3.63) is 6.33 Å². The van der Waals surface area contributed by atoms with Crippen LogP contribution in [0, 0.1) is 0 Å². The Hall–Kier alpha value is -1.66. The van der Waals surface area contributed by atoms with Gasteiger partial charge in [-0.25, -0.2) is 0 Å². The molecule has 0 aliphatic carbocycles. The summed E-state index contributed by atoms with van der Waals surface area (Å²) in [6.45, 7) is 4.46. The van der Waals surface area contributed by atoms with Crippen LogP contribution in [0.5, 0.6) is 0 Å². The minimum atomic E-state index is 0.471. The lowest BCUT2D eigenvalue weighted by Crippen LogP contribution is -2.28. The Kier molecular flexibility index (Phi) is 2.79. The van der Waals surface area contributed by atoms with Crippen molar-refractivity contribution in [1.82, 2.24) is 30.4 Å². The van der Waals surface area contributed by atoms with Gasteiger partial charge < -0.3 is 10.2 Å². The average Bonchev–Trinajstić information content (AvgIpc) is 2.77. The van der Waals surface area contributed by atoms with Crippen molar-refractivity contribution < 1.29 is 0 Å². The second-order valence-corrected chi connectivity index (χ2v) is 3.66. The summed E-state index contributed by atoms with van der Waals surface area (Å²) in [5.41, 5.74) is 0. The molecule has 1 saturated heterocycles. The summed E-state index contributed by atoms with van der Waals surface area (Å²) in [6, 6.07) is 0.471. The number of likely N-dealkylation sites (N-methyl/N-ethyl adjacent to an activating group) is 1. The van der Waals surface area contributed by atoms with Crippen LogP contribution >= 0.6 is 0 Å². The quantitative estimate of drug-likeness (QED) is 0.688. The fourth-order valence-electron chi connectivity index (χ4n) is 1.58. The van der Waals surface area contributed by atoms with Crippen LogP contribution in [0.15, 0.2) is 11.3 Å². The van der Waals surface area contributed by atoms with Crippen molar-refractivity contribution in [2.24, 2.45) is 4.99 Å². The van der Waals surface area contributed by atoms with Crippen molar-refractivity contribution in [2.45, 2.75) is 19.5 Å².